The van der Waals surface area contributed by atoms with E-state index in [1.54, 1.807) is 0 Å². The molecule has 0 amide bonds. The molecule has 0 radical (unpaired) electrons. The molecule has 110 heavy (non-hydrogen) atoms. The highest BCUT2D eigenvalue weighted by atomic mass is 32.2. The van der Waals surface area contributed by atoms with Crippen molar-refractivity contribution in [2.45, 2.75) is 132 Å². The van der Waals surface area contributed by atoms with Gasteiger partial charge in [0, 0.05) is 78.1 Å². The number of hydrogen-bond acceptors (Lipinski definition) is 8. The summed E-state index contributed by atoms with van der Waals surface area (Å²) in [4.78, 5) is 7.46. The molecule has 16 rings (SSSR count). The van der Waals surface area contributed by atoms with Gasteiger partial charge in [0.25, 0.3) is 0 Å². The van der Waals surface area contributed by atoms with Gasteiger partial charge in [-0.3, -0.25) is 0 Å². The van der Waals surface area contributed by atoms with Crippen LogP contribution in [0.1, 0.15) is 156 Å². The highest BCUT2D eigenvalue weighted by molar-refractivity contribution is 7.99. The van der Waals surface area contributed by atoms with Gasteiger partial charge in [-0.1, -0.05) is 250 Å². The second-order valence-corrected chi connectivity index (χ2v) is 33.8. The van der Waals surface area contributed by atoms with Crippen LogP contribution in [-0.4, -0.2) is 51.1 Å². The van der Waals surface area contributed by atoms with Crippen molar-refractivity contribution in [3.8, 4) is 33.8 Å². The van der Waals surface area contributed by atoms with E-state index in [1.165, 1.54) is 104 Å². The van der Waals surface area contributed by atoms with Gasteiger partial charge in [0.05, 0.1) is 50.5 Å². The van der Waals surface area contributed by atoms with Crippen LogP contribution >= 0.6 is 23.5 Å². The first-order valence-corrected chi connectivity index (χ1v) is 42.8. The average Bonchev–Trinajstić information content (AvgIpc) is 1.54. The lowest BCUT2D eigenvalue weighted by atomic mass is 9.63. The third-order valence-corrected chi connectivity index (χ3v) is 27.8. The van der Waals surface area contributed by atoms with Crippen molar-refractivity contribution < 1.29 is 18.9 Å². The quantitative estimate of drug-likeness (QED) is 0.0377. The predicted molar refractivity (Wildman–Crippen MR) is 462 cm³/mol. The zero-order valence-electron chi connectivity index (χ0n) is 65.1. The van der Waals surface area contributed by atoms with Crippen molar-refractivity contribution >= 4 is 57.6 Å². The minimum Gasteiger partial charge on any atom is -0.493 e. The van der Waals surface area contributed by atoms with Crippen molar-refractivity contribution in [3.05, 3.63) is 336 Å². The Morgan fingerprint density at radius 1 is 0.400 bits per heavy atom. The van der Waals surface area contributed by atoms with E-state index >= 15 is 0 Å². The van der Waals surface area contributed by atoms with Crippen LogP contribution < -0.4 is 19.3 Å². The van der Waals surface area contributed by atoms with E-state index in [-0.39, 0.29) is 22.7 Å². The highest BCUT2D eigenvalue weighted by Crippen LogP contribution is 2.62. The number of allylic oxidation sites excluding steroid dienone is 4. The van der Waals surface area contributed by atoms with Crippen LogP contribution in [0.3, 0.4) is 0 Å². The Morgan fingerprint density at radius 3 is 1.29 bits per heavy atom. The van der Waals surface area contributed by atoms with E-state index in [9.17, 15) is 0 Å². The van der Waals surface area contributed by atoms with Crippen molar-refractivity contribution in [3.63, 3.8) is 0 Å². The first-order valence-electron chi connectivity index (χ1n) is 40.9. The molecule has 0 spiro atoms. The lowest BCUT2D eigenvalue weighted by Crippen LogP contribution is -2.44. The molecule has 11 aromatic rings. The van der Waals surface area contributed by atoms with Crippen LogP contribution in [0.25, 0.3) is 22.3 Å². The second kappa shape index (κ2) is 33.3. The molecule has 5 aliphatic rings. The van der Waals surface area contributed by atoms with Crippen molar-refractivity contribution in [1.82, 2.24) is 0 Å². The van der Waals surface area contributed by atoms with Crippen LogP contribution in [-0.2, 0) is 20.3 Å². The maximum atomic E-state index is 6.65. The Balaban J connectivity index is 0.742. The van der Waals surface area contributed by atoms with Crippen LogP contribution in [0.15, 0.2) is 301 Å². The SMILES string of the molecule is CCCCC(CC)COc1ccc(C2(c3ccc(SCC4(CC)COC4)cc3)c3ccccc3-c3ccc(N(c4ccccc4)c4ccc(-c5ccc(N(c6ccccc6)c6ccc7c(c6)C(c6ccc(OCC(CC)CCCC)cc6)(c6ccc(SCC8(CC)COC8)cc6)C6C=CC=CC76)cc5)cc4)cc32)cc1. The van der Waals surface area contributed by atoms with E-state index < -0.39 is 10.8 Å². The van der Waals surface area contributed by atoms with E-state index in [1.807, 2.05) is 23.5 Å². The number of benzene rings is 11. The lowest BCUT2D eigenvalue weighted by Gasteiger charge is -2.40. The molecule has 2 aliphatic heterocycles. The third-order valence-electron chi connectivity index (χ3n) is 25.1. The molecule has 2 saturated heterocycles. The maximum Gasteiger partial charge on any atom is 0.119 e. The van der Waals surface area contributed by atoms with E-state index in [0.717, 1.165) is 134 Å². The normalized spacial score (nSPS) is 19.3. The molecular formula is C102H106N2O4S2. The highest BCUT2D eigenvalue weighted by Gasteiger charge is 2.54. The molecule has 0 aromatic heterocycles. The fourth-order valence-electron chi connectivity index (χ4n) is 18.0. The molecule has 6 unspecified atom stereocenters. The average molecular weight is 1490 g/mol. The monoisotopic (exact) mass is 1490 g/mol. The summed E-state index contributed by atoms with van der Waals surface area (Å²) >= 11 is 3.93. The van der Waals surface area contributed by atoms with Gasteiger partial charge in [-0.05, 0) is 226 Å². The summed E-state index contributed by atoms with van der Waals surface area (Å²) in [5.41, 5.74) is 21.0. The van der Waals surface area contributed by atoms with E-state index in [0.29, 0.717) is 11.8 Å². The number of thioether (sulfide) groups is 2. The molecule has 6 atom stereocenters. The number of nitrogens with zero attached hydrogens (tertiary/aromatic N) is 2. The summed E-state index contributed by atoms with van der Waals surface area (Å²) in [6, 6.07) is 101. The number of para-hydroxylation sites is 2. The minimum atomic E-state index is -0.638. The fourth-order valence-corrected chi connectivity index (χ4v) is 20.4. The van der Waals surface area contributed by atoms with Gasteiger partial charge in [-0.15, -0.1) is 23.5 Å². The molecule has 3 aliphatic carbocycles. The van der Waals surface area contributed by atoms with E-state index in [2.05, 4.69) is 343 Å². The smallest absolute Gasteiger partial charge is 0.119 e. The Bertz CT molecular complexity index is 4950. The third kappa shape index (κ3) is 14.5. The predicted octanol–water partition coefficient (Wildman–Crippen LogP) is 27.1. The van der Waals surface area contributed by atoms with Crippen LogP contribution in [0.2, 0.25) is 0 Å². The largest absolute Gasteiger partial charge is 0.493 e. The first-order chi connectivity index (χ1) is 54.1. The standard InChI is InChI=1S/C102H106N2O4S2/c1-7-13-25-73(9-3)65-107-87-53-39-77(40-54-87)101(79-43-57-89(58-44-79)109-71-99(11-5)67-105-68-99)95-33-23-21-31-91(95)93-61-51-85(63-97(93)101)103(81-27-17-15-18-28-81)83-47-35-75(36-48-83)76-37-49-84(50-38-76)104(82-29-19-16-20-30-82)86-52-62-94-92-32-22-24-34-96(92)102(98(94)64-86,78-41-55-88(56-42-78)108-66-74(10-4)26-14-8-2)80-45-59-90(60-46-80)110-72-100(12-6)69-106-70-100/h15-24,27-64,73-74,91,95H,7-14,25-26,65-72H2,1-6H3. The molecule has 8 heteroatoms. The number of fused-ring (bicyclic) bond motifs is 6. The van der Waals surface area contributed by atoms with Gasteiger partial charge in [-0.25, -0.2) is 0 Å². The Labute approximate surface area is 663 Å². The molecule has 0 saturated carbocycles. The van der Waals surface area contributed by atoms with Crippen molar-refractivity contribution in [2.24, 2.45) is 28.6 Å². The molecule has 2 heterocycles. The van der Waals surface area contributed by atoms with Gasteiger partial charge in [0.2, 0.25) is 0 Å². The van der Waals surface area contributed by atoms with Crippen molar-refractivity contribution in [1.29, 1.82) is 0 Å². The Hall–Kier alpha value is -9.28. The zero-order valence-corrected chi connectivity index (χ0v) is 66.7. The second-order valence-electron chi connectivity index (χ2n) is 31.7. The number of rotatable bonds is 33. The zero-order chi connectivity index (χ0) is 75.1. The molecule has 6 nitrogen and oxygen atoms in total. The van der Waals surface area contributed by atoms with Gasteiger partial charge in [0.1, 0.15) is 11.5 Å². The molecule has 560 valence electrons. The Morgan fingerprint density at radius 2 is 0.818 bits per heavy atom. The van der Waals surface area contributed by atoms with Crippen LogP contribution in [0, 0.1) is 28.6 Å². The molecule has 11 aromatic carbocycles. The van der Waals surface area contributed by atoms with E-state index in [4.69, 9.17) is 18.9 Å². The van der Waals surface area contributed by atoms with Crippen LogP contribution in [0.4, 0.5) is 34.1 Å². The molecular weight excluding hydrogens is 1380 g/mol. The number of hydrogen-bond donors (Lipinski definition) is 0. The number of anilines is 6. The minimum absolute atomic E-state index is 0.135. The first kappa shape index (κ1) is 74.8. The van der Waals surface area contributed by atoms with Gasteiger partial charge < -0.3 is 28.7 Å². The maximum absolute atomic E-state index is 6.65. The topological polar surface area (TPSA) is 43.4 Å². The number of ether oxygens (including phenoxy) is 4. The summed E-state index contributed by atoms with van der Waals surface area (Å²) in [6.07, 6.45) is 21.2. The summed E-state index contributed by atoms with van der Waals surface area (Å²) in [7, 11) is 0. The van der Waals surface area contributed by atoms with Gasteiger partial charge in [0.15, 0.2) is 0 Å². The van der Waals surface area contributed by atoms with Gasteiger partial charge in [-0.2, -0.15) is 0 Å². The van der Waals surface area contributed by atoms with Crippen LogP contribution in [0.5, 0.6) is 11.5 Å². The Kier molecular flexibility index (Phi) is 22.7. The lowest BCUT2D eigenvalue weighted by molar-refractivity contribution is -0.0994. The summed E-state index contributed by atoms with van der Waals surface area (Å²) < 4.78 is 24.8. The summed E-state index contributed by atoms with van der Waals surface area (Å²) in [5.74, 6) is 5.35. The van der Waals surface area contributed by atoms with Crippen molar-refractivity contribution in [2.75, 3.05) is 60.9 Å². The van der Waals surface area contributed by atoms with Gasteiger partial charge >= 0.3 is 0 Å². The molecule has 2 fully saturated rings. The molecule has 0 N–H and O–H groups in total. The number of unbranched alkanes of at least 4 members (excludes halogenated alkanes) is 2. The summed E-state index contributed by atoms with van der Waals surface area (Å²) in [5, 5.41) is 0. The fraction of sp³-hybridized carbons (Fsp3) is 0.314. The summed E-state index contributed by atoms with van der Waals surface area (Å²) in [6.45, 7) is 18.6. The molecule has 0 bridgehead atoms.